The standard InChI is InChI=1S/C13H12N4OS/c18-13-9-15-7-11-3-1-2-4-12(11)8-16-10-14-5-6-19-17-13/h1-5,7-10H,6H2,(H,17,18). The lowest BCUT2D eigenvalue weighted by Gasteiger charge is -1.95. The third-order valence-corrected chi connectivity index (χ3v) is 2.85. The summed E-state index contributed by atoms with van der Waals surface area (Å²) in [6.07, 6.45) is 7.71. The molecular weight excluding hydrogens is 260 g/mol. The molecule has 5 nitrogen and oxygen atoms in total. The Labute approximate surface area is 114 Å². The maximum absolute atomic E-state index is 11.4. The fourth-order valence-corrected chi connectivity index (χ4v) is 1.79. The molecule has 1 aliphatic rings. The molecule has 96 valence electrons. The Kier molecular flexibility index (Phi) is 5.06. The van der Waals surface area contributed by atoms with Crippen LogP contribution in [0.1, 0.15) is 0 Å². The summed E-state index contributed by atoms with van der Waals surface area (Å²) in [4.78, 5) is 23.5. The molecule has 1 aliphatic heterocycles. The lowest BCUT2D eigenvalue weighted by atomic mass is 10.2. The number of hydrogen-bond acceptors (Lipinski definition) is 5. The van der Waals surface area contributed by atoms with Crippen LogP contribution < -0.4 is 15.2 Å². The maximum Gasteiger partial charge on any atom is 0.272 e. The van der Waals surface area contributed by atoms with Crippen LogP contribution in [0.2, 0.25) is 0 Å². The van der Waals surface area contributed by atoms with Gasteiger partial charge >= 0.3 is 0 Å². The Hall–Kier alpha value is -2.21. The number of benzene rings is 1. The molecule has 0 aromatic heterocycles. The Morgan fingerprint density at radius 1 is 1.05 bits per heavy atom. The number of hydrogen-bond donors (Lipinski definition) is 1. The zero-order valence-corrected chi connectivity index (χ0v) is 10.9. The van der Waals surface area contributed by atoms with Crippen molar-refractivity contribution >= 4 is 49.0 Å². The summed E-state index contributed by atoms with van der Waals surface area (Å²) in [6.45, 7) is 0. The van der Waals surface area contributed by atoms with Crippen molar-refractivity contribution in [2.45, 2.75) is 0 Å². The van der Waals surface area contributed by atoms with Gasteiger partial charge in [-0.2, -0.15) is 0 Å². The summed E-state index contributed by atoms with van der Waals surface area (Å²) >= 11 is 1.25. The van der Waals surface area contributed by atoms with Crippen molar-refractivity contribution in [2.24, 2.45) is 15.0 Å². The highest BCUT2D eigenvalue weighted by Gasteiger charge is 1.93. The van der Waals surface area contributed by atoms with Gasteiger partial charge in [-0.1, -0.05) is 24.3 Å². The summed E-state index contributed by atoms with van der Waals surface area (Å²) in [6, 6.07) is 7.64. The van der Waals surface area contributed by atoms with Crippen molar-refractivity contribution in [3.8, 4) is 0 Å². The van der Waals surface area contributed by atoms with Gasteiger partial charge in [0.25, 0.3) is 5.91 Å². The smallest absolute Gasteiger partial charge is 0.272 e. The summed E-state index contributed by atoms with van der Waals surface area (Å²) in [7, 11) is 0. The third-order valence-electron chi connectivity index (χ3n) is 2.18. The van der Waals surface area contributed by atoms with E-state index >= 15 is 0 Å². The quantitative estimate of drug-likeness (QED) is 0.681. The number of carbonyl (C=O) groups is 1. The molecule has 0 unspecified atom stereocenters. The molecule has 19 heavy (non-hydrogen) atoms. The predicted molar refractivity (Wildman–Crippen MR) is 80.7 cm³/mol. The Balaban J connectivity index is 2.42. The van der Waals surface area contributed by atoms with Crippen LogP contribution in [0, 0.1) is 0 Å². The van der Waals surface area contributed by atoms with Crippen LogP contribution in [0.25, 0.3) is 12.4 Å². The lowest BCUT2D eigenvalue weighted by molar-refractivity contribution is -0.112. The van der Waals surface area contributed by atoms with Gasteiger partial charge in [0.15, 0.2) is 0 Å². The van der Waals surface area contributed by atoms with E-state index in [0.29, 0.717) is 5.75 Å². The zero-order chi connectivity index (χ0) is 13.3. The second kappa shape index (κ2) is 7.27. The van der Waals surface area contributed by atoms with Gasteiger partial charge in [-0.25, -0.2) is 9.98 Å². The molecule has 0 saturated heterocycles. The molecule has 1 aromatic rings. The Morgan fingerprint density at radius 3 is 2.58 bits per heavy atom. The van der Waals surface area contributed by atoms with E-state index in [2.05, 4.69) is 19.7 Å². The number of aliphatic imine (C=N–C) groups is 3. The van der Waals surface area contributed by atoms with Gasteiger partial charge in [0.2, 0.25) is 0 Å². The molecule has 0 aliphatic carbocycles. The highest BCUT2D eigenvalue weighted by molar-refractivity contribution is 7.98. The molecule has 6 heteroatoms. The number of nitrogens with one attached hydrogen (secondary N) is 1. The van der Waals surface area contributed by atoms with Crippen LogP contribution in [0.15, 0.2) is 39.2 Å². The first-order chi connectivity index (χ1) is 9.36. The average Bonchev–Trinajstić information content (AvgIpc) is 2.42. The van der Waals surface area contributed by atoms with Gasteiger partial charge in [0.05, 0.1) is 6.21 Å². The van der Waals surface area contributed by atoms with Crippen molar-refractivity contribution in [1.29, 1.82) is 0 Å². The molecule has 0 spiro atoms. The second-order valence-corrected chi connectivity index (χ2v) is 4.36. The van der Waals surface area contributed by atoms with Gasteiger partial charge < -0.3 is 0 Å². The molecular formula is C13H12N4OS. The largest absolute Gasteiger partial charge is 0.295 e. The number of nitrogens with zero attached hydrogens (tertiary/aromatic N) is 3. The molecule has 0 saturated carbocycles. The van der Waals surface area contributed by atoms with Gasteiger partial charge in [0, 0.05) is 34.8 Å². The minimum absolute atomic E-state index is 0.248. The SMILES string of the molecule is O=C1C=NC=c2ccccc2=CN=CN=CCSN1. The first-order valence-electron chi connectivity index (χ1n) is 5.60. The van der Waals surface area contributed by atoms with E-state index in [9.17, 15) is 4.79 Å². The maximum atomic E-state index is 11.4. The fraction of sp³-hybridized carbons (Fsp3) is 0.0769. The predicted octanol–water partition coefficient (Wildman–Crippen LogP) is 0.110. The van der Waals surface area contributed by atoms with Crippen LogP contribution in [-0.4, -0.2) is 30.4 Å². The number of rotatable bonds is 0. The Morgan fingerprint density at radius 2 is 1.79 bits per heavy atom. The van der Waals surface area contributed by atoms with Gasteiger partial charge in [-0.05, 0) is 11.9 Å². The second-order valence-electron chi connectivity index (χ2n) is 3.54. The molecule has 1 amide bonds. The van der Waals surface area contributed by atoms with Crippen LogP contribution in [-0.2, 0) is 4.79 Å². The van der Waals surface area contributed by atoms with Crippen LogP contribution in [0.3, 0.4) is 0 Å². The van der Waals surface area contributed by atoms with E-state index in [1.54, 1.807) is 18.6 Å². The summed E-state index contributed by atoms with van der Waals surface area (Å²) in [5, 5.41) is 1.80. The minimum Gasteiger partial charge on any atom is -0.295 e. The first-order valence-corrected chi connectivity index (χ1v) is 6.58. The van der Waals surface area contributed by atoms with E-state index in [1.807, 2.05) is 24.3 Å². The van der Waals surface area contributed by atoms with Crippen LogP contribution in [0.4, 0.5) is 0 Å². The number of amides is 1. The third kappa shape index (κ3) is 4.51. The van der Waals surface area contributed by atoms with Gasteiger partial charge in [-0.3, -0.25) is 14.5 Å². The zero-order valence-electron chi connectivity index (χ0n) is 10.1. The van der Waals surface area contributed by atoms with Crippen molar-refractivity contribution in [2.75, 3.05) is 5.75 Å². The van der Waals surface area contributed by atoms with Crippen molar-refractivity contribution < 1.29 is 4.79 Å². The van der Waals surface area contributed by atoms with Crippen LogP contribution >= 0.6 is 11.9 Å². The molecule has 2 rings (SSSR count). The van der Waals surface area contributed by atoms with Crippen molar-refractivity contribution in [3.05, 3.63) is 34.7 Å². The molecule has 0 radical (unpaired) electrons. The molecule has 1 N–H and O–H groups in total. The molecule has 0 bridgehead atoms. The summed E-state index contributed by atoms with van der Waals surface area (Å²) in [5.41, 5.74) is 0. The van der Waals surface area contributed by atoms with Crippen LogP contribution in [0.5, 0.6) is 0 Å². The minimum atomic E-state index is -0.248. The monoisotopic (exact) mass is 272 g/mol. The van der Waals surface area contributed by atoms with E-state index in [1.165, 1.54) is 24.5 Å². The molecule has 1 aromatic carbocycles. The van der Waals surface area contributed by atoms with E-state index in [-0.39, 0.29) is 5.91 Å². The molecule has 0 fully saturated rings. The average molecular weight is 272 g/mol. The molecule has 1 heterocycles. The first kappa shape index (κ1) is 13.2. The molecule has 0 atom stereocenters. The highest BCUT2D eigenvalue weighted by Crippen LogP contribution is 1.88. The number of carbonyl (C=O) groups excluding carboxylic acids is 1. The van der Waals surface area contributed by atoms with E-state index < -0.39 is 0 Å². The normalized spacial score (nSPS) is 15.7. The van der Waals surface area contributed by atoms with E-state index in [0.717, 1.165) is 10.4 Å². The lowest BCUT2D eigenvalue weighted by Crippen LogP contribution is -2.23. The van der Waals surface area contributed by atoms with Gasteiger partial charge in [-0.15, -0.1) is 0 Å². The van der Waals surface area contributed by atoms with E-state index in [4.69, 9.17) is 0 Å². The van der Waals surface area contributed by atoms with Crippen molar-refractivity contribution in [1.82, 2.24) is 4.72 Å². The van der Waals surface area contributed by atoms with Gasteiger partial charge in [0.1, 0.15) is 6.34 Å². The Bertz CT molecular complexity index is 649. The fourth-order valence-electron chi connectivity index (χ4n) is 1.35. The summed E-state index contributed by atoms with van der Waals surface area (Å²) in [5.74, 6) is 0.327. The topological polar surface area (TPSA) is 66.2 Å². The highest BCUT2D eigenvalue weighted by atomic mass is 32.2. The summed E-state index contributed by atoms with van der Waals surface area (Å²) < 4.78 is 2.63. The number of fused-ring (bicyclic) bond motifs is 1. The van der Waals surface area contributed by atoms with Crippen molar-refractivity contribution in [3.63, 3.8) is 0 Å².